The number of pyridine rings is 1. The number of fused-ring (bicyclic) bond motifs is 1. The van der Waals surface area contributed by atoms with Gasteiger partial charge in [-0.3, -0.25) is 4.98 Å². The number of rotatable bonds is 2. The van der Waals surface area contributed by atoms with Gasteiger partial charge in [-0.05, 0) is 57.4 Å². The molecule has 2 aromatic carbocycles. The highest BCUT2D eigenvalue weighted by Gasteiger charge is 2.11. The van der Waals surface area contributed by atoms with Gasteiger partial charge < -0.3 is 5.73 Å². The van der Waals surface area contributed by atoms with Gasteiger partial charge in [-0.1, -0.05) is 29.8 Å². The number of aromatic nitrogens is 1. The van der Waals surface area contributed by atoms with Crippen LogP contribution in [0.1, 0.15) is 17.2 Å². The van der Waals surface area contributed by atoms with Gasteiger partial charge in [0, 0.05) is 16.1 Å². The van der Waals surface area contributed by atoms with E-state index in [1.54, 1.807) is 6.20 Å². The normalized spacial score (nSPS) is 12.6. The summed E-state index contributed by atoms with van der Waals surface area (Å²) in [4.78, 5) is 4.31. The van der Waals surface area contributed by atoms with Crippen LogP contribution in [0.4, 0.5) is 0 Å². The number of halogens is 2. The van der Waals surface area contributed by atoms with Crippen LogP contribution in [0.2, 0.25) is 5.02 Å². The van der Waals surface area contributed by atoms with E-state index in [2.05, 4.69) is 27.0 Å². The molecule has 1 atom stereocenters. The molecule has 3 aromatic rings. The van der Waals surface area contributed by atoms with Crippen LogP contribution >= 0.6 is 27.5 Å². The van der Waals surface area contributed by atoms with Crippen LogP contribution in [0.15, 0.2) is 59.2 Å². The van der Waals surface area contributed by atoms with Crippen molar-refractivity contribution in [3.63, 3.8) is 0 Å². The van der Waals surface area contributed by atoms with Crippen molar-refractivity contribution in [3.8, 4) is 0 Å². The van der Waals surface area contributed by atoms with Crippen LogP contribution in [0.25, 0.3) is 10.9 Å². The molecule has 1 heterocycles. The van der Waals surface area contributed by atoms with E-state index in [0.717, 1.165) is 26.5 Å². The zero-order chi connectivity index (χ0) is 14.1. The fourth-order valence-corrected chi connectivity index (χ4v) is 2.62. The van der Waals surface area contributed by atoms with Gasteiger partial charge in [0.25, 0.3) is 0 Å². The average Bonchev–Trinajstić information content (AvgIpc) is 2.49. The minimum absolute atomic E-state index is 0.204. The molecule has 4 heteroatoms. The van der Waals surface area contributed by atoms with Gasteiger partial charge in [0.1, 0.15) is 0 Å². The number of nitrogens with two attached hydrogens (primary N) is 1. The maximum Gasteiger partial charge on any atom is 0.0702 e. The van der Waals surface area contributed by atoms with Crippen molar-refractivity contribution in [2.24, 2.45) is 5.73 Å². The van der Waals surface area contributed by atoms with Crippen molar-refractivity contribution in [3.05, 3.63) is 75.4 Å². The van der Waals surface area contributed by atoms with E-state index >= 15 is 0 Å². The second kappa shape index (κ2) is 5.52. The highest BCUT2D eigenvalue weighted by Crippen LogP contribution is 2.28. The summed E-state index contributed by atoms with van der Waals surface area (Å²) in [6.07, 6.45) is 1.79. The van der Waals surface area contributed by atoms with E-state index in [1.165, 1.54) is 0 Å². The Morgan fingerprint density at radius 2 is 1.80 bits per heavy atom. The van der Waals surface area contributed by atoms with Gasteiger partial charge in [-0.25, -0.2) is 0 Å². The van der Waals surface area contributed by atoms with E-state index in [1.807, 2.05) is 42.5 Å². The zero-order valence-corrected chi connectivity index (χ0v) is 12.9. The van der Waals surface area contributed by atoms with Crippen LogP contribution in [-0.4, -0.2) is 4.98 Å². The van der Waals surface area contributed by atoms with Crippen LogP contribution in [0.5, 0.6) is 0 Å². The largest absolute Gasteiger partial charge is 0.320 e. The molecule has 1 unspecified atom stereocenters. The van der Waals surface area contributed by atoms with E-state index < -0.39 is 0 Å². The molecular formula is C16H12BrClN2. The fourth-order valence-electron chi connectivity index (χ4n) is 2.19. The Balaban J connectivity index is 2.02. The molecule has 2 nitrogen and oxygen atoms in total. The zero-order valence-electron chi connectivity index (χ0n) is 10.6. The lowest BCUT2D eigenvalue weighted by atomic mass is 9.98. The quantitative estimate of drug-likeness (QED) is 0.730. The molecule has 3 rings (SSSR count). The maximum absolute atomic E-state index is 6.33. The molecule has 0 fully saturated rings. The summed E-state index contributed by atoms with van der Waals surface area (Å²) in [6, 6.07) is 15.6. The van der Waals surface area contributed by atoms with Gasteiger partial charge >= 0.3 is 0 Å². The number of hydrogen-bond donors (Lipinski definition) is 1. The lowest BCUT2D eigenvalue weighted by Crippen LogP contribution is -2.11. The smallest absolute Gasteiger partial charge is 0.0702 e. The van der Waals surface area contributed by atoms with Crippen LogP contribution in [0.3, 0.4) is 0 Å². The third-order valence-electron chi connectivity index (χ3n) is 3.29. The molecule has 1 aromatic heterocycles. The first-order valence-corrected chi connectivity index (χ1v) is 7.37. The molecule has 0 aliphatic heterocycles. The standard InChI is InChI=1S/C16H12BrClN2/c17-13-5-3-12(9-14(13)18)16(19)11-4-6-15-10(8-11)2-1-7-20-15/h1-9,16H,19H2. The first-order chi connectivity index (χ1) is 9.65. The average molecular weight is 348 g/mol. The van der Waals surface area contributed by atoms with E-state index in [4.69, 9.17) is 17.3 Å². The summed E-state index contributed by atoms with van der Waals surface area (Å²) in [5, 5.41) is 1.75. The molecule has 0 bridgehead atoms. The second-order valence-corrected chi connectivity index (χ2v) is 5.87. The van der Waals surface area contributed by atoms with Crippen LogP contribution < -0.4 is 5.73 Å². The summed E-state index contributed by atoms with van der Waals surface area (Å²) in [7, 11) is 0. The lowest BCUT2D eigenvalue weighted by Gasteiger charge is -2.14. The molecule has 0 aliphatic rings. The van der Waals surface area contributed by atoms with Gasteiger partial charge in [0.2, 0.25) is 0 Å². The SMILES string of the molecule is NC(c1ccc(Br)c(Cl)c1)c1ccc2ncccc2c1. The Labute approximate surface area is 130 Å². The molecule has 100 valence electrons. The van der Waals surface area contributed by atoms with E-state index in [0.29, 0.717) is 5.02 Å². The van der Waals surface area contributed by atoms with Crippen molar-refractivity contribution in [1.29, 1.82) is 0 Å². The second-order valence-electron chi connectivity index (χ2n) is 4.61. The van der Waals surface area contributed by atoms with Crippen molar-refractivity contribution in [1.82, 2.24) is 4.98 Å². The molecule has 0 spiro atoms. The monoisotopic (exact) mass is 346 g/mol. The van der Waals surface area contributed by atoms with Crippen molar-refractivity contribution in [2.45, 2.75) is 6.04 Å². The third kappa shape index (κ3) is 2.57. The molecule has 0 saturated heterocycles. The third-order valence-corrected chi connectivity index (χ3v) is 4.52. The van der Waals surface area contributed by atoms with E-state index in [9.17, 15) is 0 Å². The van der Waals surface area contributed by atoms with Gasteiger partial charge in [0.05, 0.1) is 16.6 Å². The van der Waals surface area contributed by atoms with Crippen LogP contribution in [0, 0.1) is 0 Å². The summed E-state index contributed by atoms with van der Waals surface area (Å²) < 4.78 is 0.873. The van der Waals surface area contributed by atoms with Gasteiger partial charge in [-0.15, -0.1) is 0 Å². The fraction of sp³-hybridized carbons (Fsp3) is 0.0625. The van der Waals surface area contributed by atoms with Crippen LogP contribution in [-0.2, 0) is 0 Å². The Hall–Kier alpha value is -1.42. The Morgan fingerprint density at radius 3 is 2.60 bits per heavy atom. The Bertz CT molecular complexity index is 773. The predicted molar refractivity (Wildman–Crippen MR) is 86.9 cm³/mol. The first kappa shape index (κ1) is 13.6. The summed E-state index contributed by atoms with van der Waals surface area (Å²) in [6.45, 7) is 0. The Morgan fingerprint density at radius 1 is 1.05 bits per heavy atom. The number of hydrogen-bond acceptors (Lipinski definition) is 2. The molecule has 0 aliphatic carbocycles. The Kier molecular flexibility index (Phi) is 3.74. The van der Waals surface area contributed by atoms with Crippen molar-refractivity contribution >= 4 is 38.4 Å². The van der Waals surface area contributed by atoms with Crippen molar-refractivity contribution in [2.75, 3.05) is 0 Å². The summed E-state index contributed by atoms with van der Waals surface area (Å²) in [5.41, 5.74) is 9.33. The van der Waals surface area contributed by atoms with Gasteiger partial charge in [0.15, 0.2) is 0 Å². The first-order valence-electron chi connectivity index (χ1n) is 6.20. The molecule has 20 heavy (non-hydrogen) atoms. The lowest BCUT2D eigenvalue weighted by molar-refractivity contribution is 0.873. The number of nitrogens with zero attached hydrogens (tertiary/aromatic N) is 1. The molecule has 2 N–H and O–H groups in total. The highest BCUT2D eigenvalue weighted by atomic mass is 79.9. The molecule has 0 radical (unpaired) electrons. The molecule has 0 saturated carbocycles. The minimum Gasteiger partial charge on any atom is -0.320 e. The van der Waals surface area contributed by atoms with E-state index in [-0.39, 0.29) is 6.04 Å². The minimum atomic E-state index is -0.204. The predicted octanol–water partition coefficient (Wildman–Crippen LogP) is 4.70. The topological polar surface area (TPSA) is 38.9 Å². The maximum atomic E-state index is 6.33. The summed E-state index contributed by atoms with van der Waals surface area (Å²) >= 11 is 9.51. The van der Waals surface area contributed by atoms with Crippen molar-refractivity contribution < 1.29 is 0 Å². The van der Waals surface area contributed by atoms with Gasteiger partial charge in [-0.2, -0.15) is 0 Å². The highest BCUT2D eigenvalue weighted by molar-refractivity contribution is 9.10. The molecule has 0 amide bonds. The molecular weight excluding hydrogens is 336 g/mol. The summed E-state index contributed by atoms with van der Waals surface area (Å²) in [5.74, 6) is 0. The number of benzene rings is 2.